The minimum atomic E-state index is -1.03. The molecule has 19 heavy (non-hydrogen) atoms. The molecule has 0 aliphatic carbocycles. The molecule has 5 heteroatoms. The summed E-state index contributed by atoms with van der Waals surface area (Å²) in [6, 6.07) is 7.11. The van der Waals surface area contributed by atoms with E-state index in [-0.39, 0.29) is 5.56 Å². The van der Waals surface area contributed by atoms with Crippen LogP contribution in [0.15, 0.2) is 28.8 Å². The van der Waals surface area contributed by atoms with Gasteiger partial charge in [0.25, 0.3) is 0 Å². The van der Waals surface area contributed by atoms with Crippen molar-refractivity contribution < 1.29 is 19.2 Å². The number of hydrogen-bond acceptors (Lipinski definition) is 4. The zero-order valence-electron chi connectivity index (χ0n) is 10.8. The van der Waals surface area contributed by atoms with Crippen molar-refractivity contribution in [3.8, 4) is 17.0 Å². The molecule has 0 radical (unpaired) electrons. The van der Waals surface area contributed by atoms with E-state index in [9.17, 15) is 9.90 Å². The Morgan fingerprint density at radius 2 is 2.00 bits per heavy atom. The largest absolute Gasteiger partial charge is 0.494 e. The second-order valence-corrected chi connectivity index (χ2v) is 3.95. The summed E-state index contributed by atoms with van der Waals surface area (Å²) < 4.78 is 10.4. The first-order chi connectivity index (χ1) is 9.17. The fraction of sp³-hybridized carbons (Fsp3) is 0.286. The van der Waals surface area contributed by atoms with E-state index in [1.165, 1.54) is 0 Å². The van der Waals surface area contributed by atoms with Crippen molar-refractivity contribution in [2.75, 3.05) is 6.61 Å². The first-order valence-electron chi connectivity index (χ1n) is 6.12. The van der Waals surface area contributed by atoms with Crippen LogP contribution in [0.5, 0.6) is 5.75 Å². The lowest BCUT2D eigenvalue weighted by molar-refractivity contribution is 0.0695. The molecule has 0 aliphatic heterocycles. The van der Waals surface area contributed by atoms with E-state index < -0.39 is 5.97 Å². The van der Waals surface area contributed by atoms with Crippen LogP contribution < -0.4 is 4.74 Å². The maximum absolute atomic E-state index is 11.3. The predicted octanol–water partition coefficient (Wildman–Crippen LogP) is 3.00. The van der Waals surface area contributed by atoms with Gasteiger partial charge in [0.05, 0.1) is 6.61 Å². The number of carboxylic acids is 1. The summed E-state index contributed by atoms with van der Waals surface area (Å²) >= 11 is 0. The third-order valence-corrected chi connectivity index (χ3v) is 2.74. The monoisotopic (exact) mass is 261 g/mol. The maximum atomic E-state index is 11.3. The summed E-state index contributed by atoms with van der Waals surface area (Å²) in [4.78, 5) is 11.3. The summed E-state index contributed by atoms with van der Waals surface area (Å²) in [7, 11) is 0. The van der Waals surface area contributed by atoms with Gasteiger partial charge in [0.15, 0.2) is 5.76 Å². The van der Waals surface area contributed by atoms with Crippen molar-refractivity contribution in [1.29, 1.82) is 0 Å². The minimum absolute atomic E-state index is 0.131. The van der Waals surface area contributed by atoms with Crippen LogP contribution in [0, 0.1) is 0 Å². The molecule has 1 N–H and O–H groups in total. The highest BCUT2D eigenvalue weighted by atomic mass is 16.5. The van der Waals surface area contributed by atoms with Crippen molar-refractivity contribution in [2.24, 2.45) is 0 Å². The number of ether oxygens (including phenoxy) is 1. The van der Waals surface area contributed by atoms with E-state index in [0.717, 1.165) is 5.75 Å². The fourth-order valence-corrected chi connectivity index (χ4v) is 1.86. The number of hydrogen-bond donors (Lipinski definition) is 1. The van der Waals surface area contributed by atoms with Crippen LogP contribution in [-0.4, -0.2) is 22.8 Å². The van der Waals surface area contributed by atoms with Crippen LogP contribution in [0.1, 0.15) is 30.0 Å². The molecule has 0 saturated carbocycles. The highest BCUT2D eigenvalue weighted by Gasteiger charge is 2.22. The molecule has 2 rings (SSSR count). The minimum Gasteiger partial charge on any atom is -0.494 e. The number of benzene rings is 1. The average Bonchev–Trinajstić information content (AvgIpc) is 2.84. The number of aromatic carboxylic acids is 1. The normalized spacial score (nSPS) is 10.4. The molecule has 1 aromatic heterocycles. The SMILES string of the molecule is CCOc1ccc(-c2noc(CC)c2C(=O)O)cc1. The predicted molar refractivity (Wildman–Crippen MR) is 69.4 cm³/mol. The highest BCUT2D eigenvalue weighted by molar-refractivity contribution is 5.95. The lowest BCUT2D eigenvalue weighted by Gasteiger charge is -2.03. The molecule has 1 aromatic carbocycles. The van der Waals surface area contributed by atoms with Crippen LogP contribution in [0.3, 0.4) is 0 Å². The summed E-state index contributed by atoms with van der Waals surface area (Å²) in [6.07, 6.45) is 0.492. The molecule has 0 atom stereocenters. The number of aryl methyl sites for hydroxylation is 1. The van der Waals surface area contributed by atoms with Gasteiger partial charge >= 0.3 is 5.97 Å². The van der Waals surface area contributed by atoms with Crippen molar-refractivity contribution in [1.82, 2.24) is 5.16 Å². The van der Waals surface area contributed by atoms with Crippen molar-refractivity contribution in [2.45, 2.75) is 20.3 Å². The molecule has 0 fully saturated rings. The van der Waals surface area contributed by atoms with Crippen molar-refractivity contribution >= 4 is 5.97 Å². The van der Waals surface area contributed by atoms with Gasteiger partial charge in [-0.15, -0.1) is 0 Å². The maximum Gasteiger partial charge on any atom is 0.341 e. The summed E-state index contributed by atoms with van der Waals surface area (Å²) in [5, 5.41) is 13.1. The smallest absolute Gasteiger partial charge is 0.341 e. The van der Waals surface area contributed by atoms with Crippen molar-refractivity contribution in [3.05, 3.63) is 35.6 Å². The second kappa shape index (κ2) is 5.56. The Morgan fingerprint density at radius 1 is 1.32 bits per heavy atom. The molecule has 0 bridgehead atoms. The number of rotatable bonds is 5. The van der Waals surface area contributed by atoms with Gasteiger partial charge in [-0.1, -0.05) is 12.1 Å². The van der Waals surface area contributed by atoms with Crippen LogP contribution in [-0.2, 0) is 6.42 Å². The van der Waals surface area contributed by atoms with E-state index in [1.54, 1.807) is 24.3 Å². The molecule has 2 aromatic rings. The number of aromatic nitrogens is 1. The molecule has 100 valence electrons. The van der Waals surface area contributed by atoms with Gasteiger partial charge in [-0.05, 0) is 31.2 Å². The Hall–Kier alpha value is -2.30. The van der Waals surface area contributed by atoms with Gasteiger partial charge in [-0.25, -0.2) is 4.79 Å². The van der Waals surface area contributed by atoms with Crippen LogP contribution in [0.25, 0.3) is 11.3 Å². The van der Waals surface area contributed by atoms with Gasteiger partial charge in [0, 0.05) is 12.0 Å². The van der Waals surface area contributed by atoms with Gasteiger partial charge in [0.2, 0.25) is 0 Å². The Labute approximate surface area is 110 Å². The molecule has 0 aliphatic rings. The van der Waals surface area contributed by atoms with E-state index in [1.807, 2.05) is 13.8 Å². The summed E-state index contributed by atoms with van der Waals surface area (Å²) in [6.45, 7) is 4.32. The van der Waals surface area contributed by atoms with E-state index in [2.05, 4.69) is 5.16 Å². The average molecular weight is 261 g/mol. The lowest BCUT2D eigenvalue weighted by atomic mass is 10.1. The molecule has 0 spiro atoms. The highest BCUT2D eigenvalue weighted by Crippen LogP contribution is 2.27. The van der Waals surface area contributed by atoms with Crippen LogP contribution in [0.4, 0.5) is 0 Å². The third-order valence-electron chi connectivity index (χ3n) is 2.74. The Morgan fingerprint density at radius 3 is 2.53 bits per heavy atom. The summed E-state index contributed by atoms with van der Waals surface area (Å²) in [5.41, 5.74) is 1.18. The van der Waals surface area contributed by atoms with E-state index >= 15 is 0 Å². The Bertz CT molecular complexity index is 572. The molecule has 0 unspecified atom stereocenters. The van der Waals surface area contributed by atoms with Crippen LogP contribution in [0.2, 0.25) is 0 Å². The first kappa shape index (κ1) is 13.1. The standard InChI is InChI=1S/C14H15NO4/c1-3-11-12(14(16)17)13(15-19-11)9-5-7-10(8-6-9)18-4-2/h5-8H,3-4H2,1-2H3,(H,16,17). The zero-order chi connectivity index (χ0) is 13.8. The van der Waals surface area contributed by atoms with Gasteiger partial charge in [0.1, 0.15) is 17.0 Å². The number of carbonyl (C=O) groups is 1. The van der Waals surface area contributed by atoms with Gasteiger partial charge in [-0.2, -0.15) is 0 Å². The number of carboxylic acid groups (broad SMARTS) is 1. The topological polar surface area (TPSA) is 72.6 Å². The fourth-order valence-electron chi connectivity index (χ4n) is 1.86. The van der Waals surface area contributed by atoms with Crippen molar-refractivity contribution in [3.63, 3.8) is 0 Å². The van der Waals surface area contributed by atoms with Gasteiger partial charge in [-0.3, -0.25) is 0 Å². The van der Waals surface area contributed by atoms with E-state index in [0.29, 0.717) is 30.0 Å². The Balaban J connectivity index is 2.41. The third kappa shape index (κ3) is 2.59. The first-order valence-corrected chi connectivity index (χ1v) is 6.12. The second-order valence-electron chi connectivity index (χ2n) is 3.95. The Kier molecular flexibility index (Phi) is 3.85. The molecule has 0 saturated heterocycles. The molecule has 5 nitrogen and oxygen atoms in total. The number of nitrogens with zero attached hydrogens (tertiary/aromatic N) is 1. The van der Waals surface area contributed by atoms with Gasteiger partial charge < -0.3 is 14.4 Å². The lowest BCUT2D eigenvalue weighted by Crippen LogP contribution is -2.00. The quantitative estimate of drug-likeness (QED) is 0.895. The van der Waals surface area contributed by atoms with Crippen LogP contribution >= 0.6 is 0 Å². The molecular formula is C14H15NO4. The molecular weight excluding hydrogens is 246 g/mol. The molecule has 1 heterocycles. The zero-order valence-corrected chi connectivity index (χ0v) is 10.8. The summed E-state index contributed by atoms with van der Waals surface area (Å²) in [5.74, 6) is 0.0979. The van der Waals surface area contributed by atoms with E-state index in [4.69, 9.17) is 9.26 Å². The molecule has 0 amide bonds.